The van der Waals surface area contributed by atoms with Gasteiger partial charge >= 0.3 is 0 Å². The van der Waals surface area contributed by atoms with Gasteiger partial charge in [0.1, 0.15) is 5.92 Å². The topological polar surface area (TPSA) is 101 Å². The van der Waals surface area contributed by atoms with Crippen LogP contribution in [-0.2, 0) is 9.59 Å². The second kappa shape index (κ2) is 3.99. The highest BCUT2D eigenvalue weighted by Crippen LogP contribution is 2.22. The number of amides is 2. The molecule has 3 N–H and O–H groups in total. The molecule has 2 amide bonds. The molecule has 17 heavy (non-hydrogen) atoms. The zero-order valence-corrected chi connectivity index (χ0v) is 8.79. The third-order valence-electron chi connectivity index (χ3n) is 2.63. The molecule has 2 rings (SSSR count). The average Bonchev–Trinajstić information content (AvgIpc) is 2.57. The van der Waals surface area contributed by atoms with Gasteiger partial charge in [-0.2, -0.15) is 5.06 Å². The number of carbonyl (C=O) groups is 3. The van der Waals surface area contributed by atoms with Crippen molar-refractivity contribution < 1.29 is 19.6 Å². The Balaban J connectivity index is 2.24. The summed E-state index contributed by atoms with van der Waals surface area (Å²) in [7, 11) is 0. The largest absolute Gasteiger partial charge is 0.399 e. The van der Waals surface area contributed by atoms with E-state index in [1.165, 1.54) is 24.3 Å². The van der Waals surface area contributed by atoms with Crippen LogP contribution < -0.4 is 5.73 Å². The number of nitrogen functional groups attached to an aromatic ring is 1. The molecule has 88 valence electrons. The molecular formula is C11H10N2O4. The van der Waals surface area contributed by atoms with Gasteiger partial charge < -0.3 is 5.73 Å². The number of hydroxylamine groups is 2. The predicted molar refractivity (Wildman–Crippen MR) is 56.9 cm³/mol. The maximum Gasteiger partial charge on any atom is 0.264 e. The molecule has 0 spiro atoms. The Morgan fingerprint density at radius 2 is 1.88 bits per heavy atom. The zero-order chi connectivity index (χ0) is 12.6. The fourth-order valence-electron chi connectivity index (χ4n) is 1.67. The minimum Gasteiger partial charge on any atom is -0.399 e. The van der Waals surface area contributed by atoms with E-state index < -0.39 is 23.5 Å². The molecule has 0 saturated carbocycles. The van der Waals surface area contributed by atoms with Crippen LogP contribution in [0.15, 0.2) is 24.3 Å². The summed E-state index contributed by atoms with van der Waals surface area (Å²) in [6.07, 6.45) is -0.293. The van der Waals surface area contributed by atoms with Gasteiger partial charge in [-0.05, 0) is 24.3 Å². The van der Waals surface area contributed by atoms with Gasteiger partial charge in [0.15, 0.2) is 5.78 Å². The summed E-state index contributed by atoms with van der Waals surface area (Å²) in [6.45, 7) is 0. The van der Waals surface area contributed by atoms with E-state index in [1.807, 2.05) is 0 Å². The lowest BCUT2D eigenvalue weighted by atomic mass is 9.96. The number of anilines is 1. The first-order valence-corrected chi connectivity index (χ1v) is 4.96. The van der Waals surface area contributed by atoms with Crippen LogP contribution in [0.5, 0.6) is 0 Å². The highest BCUT2D eigenvalue weighted by Gasteiger charge is 2.42. The number of nitrogens with zero attached hydrogens (tertiary/aromatic N) is 1. The van der Waals surface area contributed by atoms with E-state index in [-0.39, 0.29) is 11.5 Å². The number of hydrogen-bond acceptors (Lipinski definition) is 5. The molecule has 6 heteroatoms. The van der Waals surface area contributed by atoms with Crippen molar-refractivity contribution in [3.63, 3.8) is 0 Å². The van der Waals surface area contributed by atoms with Crippen molar-refractivity contribution in [1.82, 2.24) is 5.06 Å². The monoisotopic (exact) mass is 234 g/mol. The molecule has 1 aromatic carbocycles. The Morgan fingerprint density at radius 1 is 1.29 bits per heavy atom. The van der Waals surface area contributed by atoms with Crippen LogP contribution in [0.2, 0.25) is 0 Å². The standard InChI is InChI=1S/C11H10N2O4/c12-7-3-1-6(2-4-7)10(15)8-5-9(14)13(17)11(8)16/h1-4,8,17H,5,12H2. The smallest absolute Gasteiger partial charge is 0.264 e. The first-order valence-electron chi connectivity index (χ1n) is 4.96. The minimum atomic E-state index is -1.13. The van der Waals surface area contributed by atoms with Crippen molar-refractivity contribution in [2.75, 3.05) is 5.73 Å². The average molecular weight is 234 g/mol. The van der Waals surface area contributed by atoms with Crippen LogP contribution >= 0.6 is 0 Å². The van der Waals surface area contributed by atoms with Gasteiger partial charge in [0.25, 0.3) is 11.8 Å². The second-order valence-corrected chi connectivity index (χ2v) is 3.79. The fraction of sp³-hybridized carbons (Fsp3) is 0.182. The van der Waals surface area contributed by atoms with Crippen LogP contribution in [0.3, 0.4) is 0 Å². The Kier molecular flexibility index (Phi) is 2.64. The maximum atomic E-state index is 11.9. The molecule has 0 aliphatic carbocycles. The first kappa shape index (κ1) is 11.3. The van der Waals surface area contributed by atoms with E-state index in [1.54, 1.807) is 0 Å². The predicted octanol–water partition coefficient (Wildman–Crippen LogP) is 0.216. The molecule has 1 aliphatic heterocycles. The van der Waals surface area contributed by atoms with Gasteiger partial charge in [-0.25, -0.2) is 0 Å². The molecule has 1 atom stereocenters. The molecule has 0 radical (unpaired) electrons. The van der Waals surface area contributed by atoms with E-state index >= 15 is 0 Å². The summed E-state index contributed by atoms with van der Waals surface area (Å²) in [5, 5.41) is 9.04. The number of rotatable bonds is 2. The van der Waals surface area contributed by atoms with Crippen LogP contribution in [0.1, 0.15) is 16.8 Å². The highest BCUT2D eigenvalue weighted by molar-refractivity contribution is 6.18. The summed E-state index contributed by atoms with van der Waals surface area (Å²) >= 11 is 0. The third-order valence-corrected chi connectivity index (χ3v) is 2.63. The van der Waals surface area contributed by atoms with Crippen LogP contribution in [-0.4, -0.2) is 27.9 Å². The zero-order valence-electron chi connectivity index (χ0n) is 8.79. The van der Waals surface area contributed by atoms with Crippen molar-refractivity contribution in [2.24, 2.45) is 5.92 Å². The Hall–Kier alpha value is -2.21. The highest BCUT2D eigenvalue weighted by atomic mass is 16.5. The SMILES string of the molecule is Nc1ccc(C(=O)C2CC(=O)N(O)C2=O)cc1. The van der Waals surface area contributed by atoms with Crippen molar-refractivity contribution in [2.45, 2.75) is 6.42 Å². The van der Waals surface area contributed by atoms with E-state index in [9.17, 15) is 14.4 Å². The summed E-state index contributed by atoms with van der Waals surface area (Å²) in [5.41, 5.74) is 6.26. The van der Waals surface area contributed by atoms with Crippen molar-refractivity contribution in [3.05, 3.63) is 29.8 Å². The fourth-order valence-corrected chi connectivity index (χ4v) is 1.67. The Morgan fingerprint density at radius 3 is 2.35 bits per heavy atom. The number of hydrogen-bond donors (Lipinski definition) is 2. The van der Waals surface area contributed by atoms with Crippen molar-refractivity contribution in [3.8, 4) is 0 Å². The first-order chi connectivity index (χ1) is 8.00. The van der Waals surface area contributed by atoms with E-state index in [0.29, 0.717) is 11.3 Å². The summed E-state index contributed by atoms with van der Waals surface area (Å²) in [5.74, 6) is -3.25. The number of benzene rings is 1. The molecule has 1 heterocycles. The number of nitrogens with two attached hydrogens (primary N) is 1. The van der Waals surface area contributed by atoms with E-state index in [4.69, 9.17) is 10.9 Å². The van der Waals surface area contributed by atoms with Gasteiger partial charge in [-0.1, -0.05) is 0 Å². The molecule has 6 nitrogen and oxygen atoms in total. The Labute approximate surface area is 96.6 Å². The maximum absolute atomic E-state index is 11.9. The van der Waals surface area contributed by atoms with Crippen molar-refractivity contribution in [1.29, 1.82) is 0 Å². The van der Waals surface area contributed by atoms with Gasteiger partial charge in [0.05, 0.1) is 0 Å². The summed E-state index contributed by atoms with van der Waals surface area (Å²) in [6, 6.07) is 6.03. The lowest BCUT2D eigenvalue weighted by Gasteiger charge is -2.06. The van der Waals surface area contributed by atoms with Gasteiger partial charge in [0.2, 0.25) is 0 Å². The lowest BCUT2D eigenvalue weighted by molar-refractivity contribution is -0.171. The number of ketones is 1. The van der Waals surface area contributed by atoms with E-state index in [2.05, 4.69) is 0 Å². The molecular weight excluding hydrogens is 224 g/mol. The number of Topliss-reactive ketones (excluding diaryl/α,β-unsaturated/α-hetero) is 1. The van der Waals surface area contributed by atoms with Crippen LogP contribution in [0.25, 0.3) is 0 Å². The Bertz CT molecular complexity index is 495. The van der Waals surface area contributed by atoms with Gasteiger partial charge in [-0.15, -0.1) is 0 Å². The molecule has 1 aliphatic rings. The molecule has 1 aromatic rings. The molecule has 1 saturated heterocycles. The molecule has 1 fully saturated rings. The number of carbonyl (C=O) groups excluding carboxylic acids is 3. The molecule has 1 unspecified atom stereocenters. The van der Waals surface area contributed by atoms with Crippen LogP contribution in [0.4, 0.5) is 5.69 Å². The van der Waals surface area contributed by atoms with Crippen molar-refractivity contribution >= 4 is 23.3 Å². The van der Waals surface area contributed by atoms with Crippen LogP contribution in [0, 0.1) is 5.92 Å². The normalized spacial score (nSPS) is 19.8. The lowest BCUT2D eigenvalue weighted by Crippen LogP contribution is -2.29. The third kappa shape index (κ3) is 1.90. The van der Waals surface area contributed by atoms with Gasteiger partial charge in [-0.3, -0.25) is 19.6 Å². The molecule has 0 bridgehead atoms. The quantitative estimate of drug-likeness (QED) is 0.250. The number of imide groups is 1. The minimum absolute atomic E-state index is 0.000131. The van der Waals surface area contributed by atoms with Gasteiger partial charge in [0, 0.05) is 17.7 Å². The second-order valence-electron chi connectivity index (χ2n) is 3.79. The van der Waals surface area contributed by atoms with E-state index in [0.717, 1.165) is 0 Å². The summed E-state index contributed by atoms with van der Waals surface area (Å²) < 4.78 is 0. The summed E-state index contributed by atoms with van der Waals surface area (Å²) in [4.78, 5) is 34.4. The molecule has 0 aromatic heterocycles.